The van der Waals surface area contributed by atoms with Gasteiger partial charge in [0.05, 0.1) is 7.11 Å². The van der Waals surface area contributed by atoms with Gasteiger partial charge in [-0.3, -0.25) is 4.79 Å². The Balaban J connectivity index is 1.17. The van der Waals surface area contributed by atoms with E-state index in [0.29, 0.717) is 18.0 Å². The van der Waals surface area contributed by atoms with Gasteiger partial charge in [0, 0.05) is 31.4 Å². The van der Waals surface area contributed by atoms with E-state index in [1.165, 1.54) is 22.4 Å². The van der Waals surface area contributed by atoms with Gasteiger partial charge in [0.1, 0.15) is 11.5 Å². The maximum atomic E-state index is 12.0. The number of ether oxygens (including phenoxy) is 2. The van der Waals surface area contributed by atoms with Crippen molar-refractivity contribution in [2.45, 2.75) is 25.8 Å². The van der Waals surface area contributed by atoms with Crippen molar-refractivity contribution in [3.8, 4) is 11.5 Å². The lowest BCUT2D eigenvalue weighted by atomic mass is 9.99. The van der Waals surface area contributed by atoms with Crippen molar-refractivity contribution < 1.29 is 14.3 Å². The molecule has 3 aromatic rings. The molecular formula is C27H30N2O3. The summed E-state index contributed by atoms with van der Waals surface area (Å²) >= 11 is 0. The topological polar surface area (TPSA) is 50.8 Å². The number of aryl methyl sites for hydroxylation is 1. The molecule has 1 aliphatic heterocycles. The van der Waals surface area contributed by atoms with Gasteiger partial charge in [0.15, 0.2) is 6.61 Å². The number of rotatable bonds is 9. The predicted molar refractivity (Wildman–Crippen MR) is 127 cm³/mol. The SMILES string of the molecule is COc1cccc(OCC(=O)NCCCc2ccc(N3CCc4ccccc4C3)cc2)c1. The van der Waals surface area contributed by atoms with E-state index in [1.54, 1.807) is 13.2 Å². The van der Waals surface area contributed by atoms with Crippen LogP contribution in [0.2, 0.25) is 0 Å². The number of fused-ring (bicyclic) bond motifs is 1. The Morgan fingerprint density at radius 3 is 2.56 bits per heavy atom. The van der Waals surface area contributed by atoms with Gasteiger partial charge in [-0.2, -0.15) is 0 Å². The van der Waals surface area contributed by atoms with Gasteiger partial charge >= 0.3 is 0 Å². The fourth-order valence-corrected chi connectivity index (χ4v) is 4.00. The highest BCUT2D eigenvalue weighted by Gasteiger charge is 2.15. The van der Waals surface area contributed by atoms with Crippen molar-refractivity contribution in [2.75, 3.05) is 31.7 Å². The number of benzene rings is 3. The van der Waals surface area contributed by atoms with Crippen molar-refractivity contribution in [2.24, 2.45) is 0 Å². The summed E-state index contributed by atoms with van der Waals surface area (Å²) < 4.78 is 10.7. The minimum Gasteiger partial charge on any atom is -0.497 e. The van der Waals surface area contributed by atoms with Crippen LogP contribution >= 0.6 is 0 Å². The molecule has 0 spiro atoms. The van der Waals surface area contributed by atoms with Crippen LogP contribution in [0.1, 0.15) is 23.1 Å². The van der Waals surface area contributed by atoms with Crippen LogP contribution in [0.3, 0.4) is 0 Å². The minimum absolute atomic E-state index is 0.000821. The first-order valence-corrected chi connectivity index (χ1v) is 11.2. The van der Waals surface area contributed by atoms with E-state index in [0.717, 1.165) is 32.4 Å². The van der Waals surface area contributed by atoms with Crippen LogP contribution in [0.15, 0.2) is 72.8 Å². The van der Waals surface area contributed by atoms with Gasteiger partial charge in [0.25, 0.3) is 5.91 Å². The molecule has 0 saturated carbocycles. The van der Waals surface area contributed by atoms with Crippen LogP contribution in [0, 0.1) is 0 Å². The highest BCUT2D eigenvalue weighted by atomic mass is 16.5. The first-order chi connectivity index (χ1) is 15.7. The van der Waals surface area contributed by atoms with Gasteiger partial charge in [-0.1, -0.05) is 42.5 Å². The molecule has 3 aromatic carbocycles. The van der Waals surface area contributed by atoms with Gasteiger partial charge in [0.2, 0.25) is 0 Å². The summed E-state index contributed by atoms with van der Waals surface area (Å²) in [5, 5.41) is 2.92. The van der Waals surface area contributed by atoms with E-state index < -0.39 is 0 Å². The zero-order valence-electron chi connectivity index (χ0n) is 18.5. The number of nitrogens with one attached hydrogen (secondary N) is 1. The molecule has 4 rings (SSSR count). The summed E-state index contributed by atoms with van der Waals surface area (Å²) in [6.45, 7) is 2.66. The number of methoxy groups -OCH3 is 1. The molecule has 1 N–H and O–H groups in total. The first kappa shape index (κ1) is 21.8. The first-order valence-electron chi connectivity index (χ1n) is 11.2. The Kier molecular flexibility index (Phi) is 7.28. The molecule has 0 aromatic heterocycles. The average Bonchev–Trinajstić information content (AvgIpc) is 2.85. The van der Waals surface area contributed by atoms with Crippen molar-refractivity contribution in [3.05, 3.63) is 89.5 Å². The van der Waals surface area contributed by atoms with Crippen LogP contribution in [0.5, 0.6) is 11.5 Å². The smallest absolute Gasteiger partial charge is 0.257 e. The lowest BCUT2D eigenvalue weighted by Gasteiger charge is -2.30. The van der Waals surface area contributed by atoms with Crippen molar-refractivity contribution in [1.82, 2.24) is 5.32 Å². The molecule has 1 amide bonds. The number of hydrogen-bond donors (Lipinski definition) is 1. The fraction of sp³-hybridized carbons (Fsp3) is 0.296. The van der Waals surface area contributed by atoms with E-state index in [-0.39, 0.29) is 12.5 Å². The monoisotopic (exact) mass is 430 g/mol. The largest absolute Gasteiger partial charge is 0.497 e. The highest BCUT2D eigenvalue weighted by molar-refractivity contribution is 5.77. The van der Waals surface area contributed by atoms with Gasteiger partial charge < -0.3 is 19.7 Å². The summed E-state index contributed by atoms with van der Waals surface area (Å²) in [7, 11) is 1.60. The van der Waals surface area contributed by atoms with Crippen molar-refractivity contribution >= 4 is 11.6 Å². The summed E-state index contributed by atoms with van der Waals surface area (Å²) in [6.07, 6.45) is 2.92. The van der Waals surface area contributed by atoms with E-state index >= 15 is 0 Å². The Morgan fingerprint density at radius 2 is 1.75 bits per heavy atom. The third-order valence-corrected chi connectivity index (χ3v) is 5.81. The van der Waals surface area contributed by atoms with Crippen LogP contribution in [-0.4, -0.2) is 32.7 Å². The maximum Gasteiger partial charge on any atom is 0.257 e. The third-order valence-electron chi connectivity index (χ3n) is 5.81. The fourth-order valence-electron chi connectivity index (χ4n) is 4.00. The third kappa shape index (κ3) is 5.82. The standard InChI is InChI=1S/C27H30N2O3/c1-31-25-9-4-10-26(18-25)32-20-27(30)28-16-5-6-21-11-13-24(14-12-21)29-17-15-22-7-2-3-8-23(22)19-29/h2-4,7-14,18H,5-6,15-17,19-20H2,1H3,(H,28,30). The molecule has 32 heavy (non-hydrogen) atoms. The van der Waals surface area contributed by atoms with Crippen molar-refractivity contribution in [3.63, 3.8) is 0 Å². The average molecular weight is 431 g/mol. The maximum absolute atomic E-state index is 12.0. The molecule has 5 heteroatoms. The number of amides is 1. The lowest BCUT2D eigenvalue weighted by Crippen LogP contribution is -2.30. The quantitative estimate of drug-likeness (QED) is 0.512. The summed E-state index contributed by atoms with van der Waals surface area (Å²) in [4.78, 5) is 14.5. The number of anilines is 1. The normalized spacial score (nSPS) is 12.7. The van der Waals surface area contributed by atoms with Crippen LogP contribution in [0.4, 0.5) is 5.69 Å². The molecule has 5 nitrogen and oxygen atoms in total. The molecule has 0 aliphatic carbocycles. The Labute approximate surface area is 190 Å². The molecule has 0 fully saturated rings. The zero-order chi connectivity index (χ0) is 22.2. The summed E-state index contributed by atoms with van der Waals surface area (Å²) in [5.74, 6) is 1.21. The molecular weight excluding hydrogens is 400 g/mol. The number of nitrogens with zero attached hydrogens (tertiary/aromatic N) is 1. The van der Waals surface area contributed by atoms with E-state index in [9.17, 15) is 4.79 Å². The molecule has 0 saturated heterocycles. The number of carbonyl (C=O) groups is 1. The second-order valence-corrected chi connectivity index (χ2v) is 8.03. The lowest BCUT2D eigenvalue weighted by molar-refractivity contribution is -0.123. The van der Waals surface area contributed by atoms with E-state index in [2.05, 4.69) is 58.7 Å². The van der Waals surface area contributed by atoms with Crippen LogP contribution < -0.4 is 19.7 Å². The van der Waals surface area contributed by atoms with Gasteiger partial charge in [-0.05, 0) is 60.2 Å². The van der Waals surface area contributed by atoms with Gasteiger partial charge in [-0.25, -0.2) is 0 Å². The van der Waals surface area contributed by atoms with Crippen LogP contribution in [-0.2, 0) is 24.2 Å². The number of hydrogen-bond acceptors (Lipinski definition) is 4. The Bertz CT molecular complexity index is 1030. The highest BCUT2D eigenvalue weighted by Crippen LogP contribution is 2.25. The molecule has 0 bridgehead atoms. The van der Waals surface area contributed by atoms with E-state index in [4.69, 9.17) is 9.47 Å². The molecule has 0 radical (unpaired) electrons. The molecule has 166 valence electrons. The van der Waals surface area contributed by atoms with Crippen LogP contribution in [0.25, 0.3) is 0 Å². The second kappa shape index (κ2) is 10.7. The molecule has 1 heterocycles. The predicted octanol–water partition coefficient (Wildman–Crippen LogP) is 4.39. The molecule has 0 atom stereocenters. The molecule has 0 unspecified atom stereocenters. The minimum atomic E-state index is -0.117. The summed E-state index contributed by atoms with van der Waals surface area (Å²) in [6, 6.07) is 24.8. The number of carbonyl (C=O) groups excluding carboxylic acids is 1. The zero-order valence-corrected chi connectivity index (χ0v) is 18.5. The second-order valence-electron chi connectivity index (χ2n) is 8.03. The van der Waals surface area contributed by atoms with E-state index in [1.807, 2.05) is 18.2 Å². The van der Waals surface area contributed by atoms with Gasteiger partial charge in [-0.15, -0.1) is 0 Å². The van der Waals surface area contributed by atoms with Crippen molar-refractivity contribution in [1.29, 1.82) is 0 Å². The summed E-state index contributed by atoms with van der Waals surface area (Å²) in [5.41, 5.74) is 5.45. The Morgan fingerprint density at radius 1 is 0.969 bits per heavy atom. The Hall–Kier alpha value is -3.47. The molecule has 1 aliphatic rings.